The van der Waals surface area contributed by atoms with Crippen LogP contribution in [0.25, 0.3) is 0 Å². The smallest absolute Gasteiger partial charge is 0.0471 e. The predicted molar refractivity (Wildman–Crippen MR) is 53.8 cm³/mol. The molecule has 0 spiro atoms. The molecule has 0 aromatic heterocycles. The van der Waals surface area contributed by atoms with Crippen molar-refractivity contribution in [1.82, 2.24) is 5.32 Å². The van der Waals surface area contributed by atoms with Crippen molar-refractivity contribution in [2.24, 2.45) is 5.41 Å². The topological polar surface area (TPSA) is 21.3 Å². The van der Waals surface area contributed by atoms with Gasteiger partial charge in [-0.15, -0.1) is 0 Å². The minimum absolute atomic E-state index is 0.556. The standard InChI is InChI=1S/C11H21NO/c1-2-11(5-7-13-8-6-11)9-12-10-3-4-10/h10,12H,2-9H2,1H3. The van der Waals surface area contributed by atoms with Crippen LogP contribution in [0.3, 0.4) is 0 Å². The van der Waals surface area contributed by atoms with E-state index in [0.29, 0.717) is 5.41 Å². The highest BCUT2D eigenvalue weighted by molar-refractivity contribution is 4.88. The maximum Gasteiger partial charge on any atom is 0.0471 e. The molecule has 0 unspecified atom stereocenters. The van der Waals surface area contributed by atoms with Crippen molar-refractivity contribution in [3.05, 3.63) is 0 Å². The molecule has 13 heavy (non-hydrogen) atoms. The maximum absolute atomic E-state index is 5.42. The van der Waals surface area contributed by atoms with E-state index in [1.807, 2.05) is 0 Å². The number of hydrogen-bond acceptors (Lipinski definition) is 2. The van der Waals surface area contributed by atoms with Crippen molar-refractivity contribution in [1.29, 1.82) is 0 Å². The van der Waals surface area contributed by atoms with Crippen molar-refractivity contribution in [3.8, 4) is 0 Å². The molecule has 2 heteroatoms. The average Bonchev–Trinajstić information content (AvgIpc) is 3.00. The Morgan fingerprint density at radius 3 is 2.54 bits per heavy atom. The molecule has 1 saturated heterocycles. The largest absolute Gasteiger partial charge is 0.381 e. The zero-order valence-electron chi connectivity index (χ0n) is 8.64. The third kappa shape index (κ3) is 2.44. The summed E-state index contributed by atoms with van der Waals surface area (Å²) in [4.78, 5) is 0. The van der Waals surface area contributed by atoms with Gasteiger partial charge in [0, 0.05) is 25.8 Å². The van der Waals surface area contributed by atoms with Crippen LogP contribution in [0.5, 0.6) is 0 Å². The number of ether oxygens (including phenoxy) is 1. The van der Waals surface area contributed by atoms with Crippen molar-refractivity contribution in [3.63, 3.8) is 0 Å². The zero-order chi connectivity index (χ0) is 9.15. The monoisotopic (exact) mass is 183 g/mol. The summed E-state index contributed by atoms with van der Waals surface area (Å²) in [5, 5.41) is 3.66. The molecule has 1 aliphatic heterocycles. The van der Waals surface area contributed by atoms with Crippen LogP contribution in [0, 0.1) is 5.41 Å². The lowest BCUT2D eigenvalue weighted by atomic mass is 9.78. The third-order valence-corrected chi connectivity index (χ3v) is 3.65. The van der Waals surface area contributed by atoms with E-state index < -0.39 is 0 Å². The summed E-state index contributed by atoms with van der Waals surface area (Å²) in [7, 11) is 0. The molecular formula is C11H21NO. The lowest BCUT2D eigenvalue weighted by molar-refractivity contribution is 0.0127. The Bertz CT molecular complexity index is 159. The molecule has 1 N–H and O–H groups in total. The Kier molecular flexibility index (Phi) is 2.89. The van der Waals surface area contributed by atoms with Crippen LogP contribution in [0.4, 0.5) is 0 Å². The summed E-state index contributed by atoms with van der Waals surface area (Å²) in [6.45, 7) is 5.48. The lowest BCUT2D eigenvalue weighted by Gasteiger charge is -2.36. The van der Waals surface area contributed by atoms with Crippen LogP contribution in [-0.2, 0) is 4.74 Å². The molecule has 2 fully saturated rings. The Balaban J connectivity index is 1.80. The van der Waals surface area contributed by atoms with Crippen LogP contribution < -0.4 is 5.32 Å². The van der Waals surface area contributed by atoms with Crippen molar-refractivity contribution in [2.75, 3.05) is 19.8 Å². The van der Waals surface area contributed by atoms with Gasteiger partial charge >= 0.3 is 0 Å². The molecule has 0 aromatic rings. The van der Waals surface area contributed by atoms with E-state index >= 15 is 0 Å². The lowest BCUT2D eigenvalue weighted by Crippen LogP contribution is -2.39. The maximum atomic E-state index is 5.42. The van der Waals surface area contributed by atoms with Gasteiger partial charge in [-0.2, -0.15) is 0 Å². The first-order chi connectivity index (χ1) is 6.35. The first-order valence-electron chi connectivity index (χ1n) is 5.66. The Morgan fingerprint density at radius 2 is 2.00 bits per heavy atom. The molecule has 0 aromatic carbocycles. The summed E-state index contributed by atoms with van der Waals surface area (Å²) in [5.41, 5.74) is 0.556. The molecule has 0 amide bonds. The average molecular weight is 183 g/mol. The fraction of sp³-hybridized carbons (Fsp3) is 1.00. The first-order valence-corrected chi connectivity index (χ1v) is 5.66. The van der Waals surface area contributed by atoms with Gasteiger partial charge in [0.2, 0.25) is 0 Å². The SMILES string of the molecule is CCC1(CNC2CC2)CCOCC1. The number of nitrogens with one attached hydrogen (secondary N) is 1. The van der Waals surface area contributed by atoms with E-state index in [0.717, 1.165) is 19.3 Å². The molecule has 0 bridgehead atoms. The highest BCUT2D eigenvalue weighted by Gasteiger charge is 2.32. The molecule has 0 radical (unpaired) electrons. The fourth-order valence-corrected chi connectivity index (χ4v) is 2.11. The van der Waals surface area contributed by atoms with Gasteiger partial charge in [0.1, 0.15) is 0 Å². The third-order valence-electron chi connectivity index (χ3n) is 3.65. The summed E-state index contributed by atoms with van der Waals surface area (Å²) in [5.74, 6) is 0. The molecule has 0 atom stereocenters. The Labute approximate surface area is 81.0 Å². The minimum Gasteiger partial charge on any atom is -0.381 e. The molecule has 1 aliphatic carbocycles. The second kappa shape index (κ2) is 3.97. The Morgan fingerprint density at radius 1 is 1.31 bits per heavy atom. The summed E-state index contributed by atoms with van der Waals surface area (Å²) in [6, 6.07) is 0.853. The minimum atomic E-state index is 0.556. The first kappa shape index (κ1) is 9.47. The molecule has 1 heterocycles. The normalized spacial score (nSPS) is 27.5. The van der Waals surface area contributed by atoms with Gasteiger partial charge in [0.25, 0.3) is 0 Å². The zero-order valence-corrected chi connectivity index (χ0v) is 8.64. The Hall–Kier alpha value is -0.0800. The molecule has 2 rings (SSSR count). The number of hydrogen-bond donors (Lipinski definition) is 1. The quantitative estimate of drug-likeness (QED) is 0.719. The van der Waals surface area contributed by atoms with E-state index in [9.17, 15) is 0 Å². The molecule has 2 aliphatic rings. The van der Waals surface area contributed by atoms with E-state index in [1.165, 1.54) is 38.6 Å². The second-order valence-electron chi connectivity index (χ2n) is 4.62. The van der Waals surface area contributed by atoms with Crippen LogP contribution in [0.1, 0.15) is 39.0 Å². The van der Waals surface area contributed by atoms with E-state index in [2.05, 4.69) is 12.2 Å². The molecule has 1 saturated carbocycles. The van der Waals surface area contributed by atoms with Gasteiger partial charge in [-0.25, -0.2) is 0 Å². The molecular weight excluding hydrogens is 162 g/mol. The van der Waals surface area contributed by atoms with Gasteiger partial charge in [-0.3, -0.25) is 0 Å². The van der Waals surface area contributed by atoms with Gasteiger partial charge in [0.05, 0.1) is 0 Å². The van der Waals surface area contributed by atoms with Crippen LogP contribution in [0.15, 0.2) is 0 Å². The van der Waals surface area contributed by atoms with Crippen molar-refractivity contribution in [2.45, 2.75) is 45.1 Å². The van der Waals surface area contributed by atoms with Crippen LogP contribution in [-0.4, -0.2) is 25.8 Å². The van der Waals surface area contributed by atoms with Gasteiger partial charge in [-0.1, -0.05) is 6.92 Å². The summed E-state index contributed by atoms with van der Waals surface area (Å²) in [6.07, 6.45) is 6.61. The fourth-order valence-electron chi connectivity index (χ4n) is 2.11. The van der Waals surface area contributed by atoms with Crippen molar-refractivity contribution < 1.29 is 4.74 Å². The molecule has 2 nitrogen and oxygen atoms in total. The number of rotatable bonds is 4. The second-order valence-corrected chi connectivity index (χ2v) is 4.62. The van der Waals surface area contributed by atoms with Crippen LogP contribution >= 0.6 is 0 Å². The summed E-state index contributed by atoms with van der Waals surface area (Å²) >= 11 is 0. The van der Waals surface area contributed by atoms with Gasteiger partial charge < -0.3 is 10.1 Å². The van der Waals surface area contributed by atoms with E-state index in [1.54, 1.807) is 0 Å². The summed E-state index contributed by atoms with van der Waals surface area (Å²) < 4.78 is 5.42. The van der Waals surface area contributed by atoms with Crippen LogP contribution in [0.2, 0.25) is 0 Å². The van der Waals surface area contributed by atoms with E-state index in [4.69, 9.17) is 4.74 Å². The molecule has 76 valence electrons. The predicted octanol–water partition coefficient (Wildman–Crippen LogP) is 1.95. The van der Waals surface area contributed by atoms with Gasteiger partial charge in [-0.05, 0) is 37.5 Å². The highest BCUT2D eigenvalue weighted by Crippen LogP contribution is 2.34. The van der Waals surface area contributed by atoms with Crippen molar-refractivity contribution >= 4 is 0 Å². The highest BCUT2D eigenvalue weighted by atomic mass is 16.5. The van der Waals surface area contributed by atoms with Gasteiger partial charge in [0.15, 0.2) is 0 Å². The van der Waals surface area contributed by atoms with E-state index in [-0.39, 0.29) is 0 Å².